The molecule has 0 N–H and O–H groups in total. The number of anilines is 1. The maximum atomic E-state index is 12.9. The number of para-hydroxylation sites is 1. The second kappa shape index (κ2) is 7.44. The molecule has 1 amide bonds. The zero-order chi connectivity index (χ0) is 16.2. The van der Waals surface area contributed by atoms with Crippen molar-refractivity contribution in [3.05, 3.63) is 29.8 Å². The molecular formula is C17H24ClNO3. The minimum Gasteiger partial charge on any atom is -0.353 e. The number of carbonyl (C=O) groups is 1. The first-order chi connectivity index (χ1) is 10.5. The average molecular weight is 326 g/mol. The molecule has 0 aliphatic carbocycles. The lowest BCUT2D eigenvalue weighted by atomic mass is 10.0. The van der Waals surface area contributed by atoms with Crippen molar-refractivity contribution in [3.63, 3.8) is 0 Å². The molecule has 2 rings (SSSR count). The van der Waals surface area contributed by atoms with Crippen molar-refractivity contribution in [3.8, 4) is 0 Å². The van der Waals surface area contributed by atoms with Crippen LogP contribution in [0.1, 0.15) is 32.8 Å². The molecule has 0 bridgehead atoms. The van der Waals surface area contributed by atoms with E-state index in [2.05, 4.69) is 6.92 Å². The second-order valence-corrected chi connectivity index (χ2v) is 6.56. The summed E-state index contributed by atoms with van der Waals surface area (Å²) in [5.74, 6) is -0.0898. The highest BCUT2D eigenvalue weighted by Gasteiger charge is 2.36. The van der Waals surface area contributed by atoms with Gasteiger partial charge in [0.25, 0.3) is 0 Å². The number of alkyl halides is 1. The standard InChI is InChI=1S/C17H24ClNO3/c1-4-13-8-6-7-9-15(13)19(10-14-11-21-12-22-14)16(20)17(3,18)5-2/h6-9,14H,4-5,10-12H2,1-3H3. The van der Waals surface area contributed by atoms with E-state index in [9.17, 15) is 4.79 Å². The largest absolute Gasteiger partial charge is 0.353 e. The molecule has 1 aromatic rings. The zero-order valence-electron chi connectivity index (χ0n) is 13.5. The molecule has 1 aromatic carbocycles. The fourth-order valence-electron chi connectivity index (χ4n) is 2.48. The minimum absolute atomic E-state index is 0.0898. The van der Waals surface area contributed by atoms with Crippen LogP contribution in [0, 0.1) is 0 Å². The van der Waals surface area contributed by atoms with Gasteiger partial charge in [-0.1, -0.05) is 32.0 Å². The number of aryl methyl sites for hydroxylation is 1. The van der Waals surface area contributed by atoms with Gasteiger partial charge in [-0.2, -0.15) is 0 Å². The monoisotopic (exact) mass is 325 g/mol. The van der Waals surface area contributed by atoms with Crippen molar-refractivity contribution in [2.24, 2.45) is 0 Å². The Kier molecular flexibility index (Phi) is 5.84. The van der Waals surface area contributed by atoms with E-state index in [1.54, 1.807) is 11.8 Å². The van der Waals surface area contributed by atoms with Gasteiger partial charge >= 0.3 is 0 Å². The Balaban J connectivity index is 2.33. The van der Waals surface area contributed by atoms with Gasteiger partial charge in [-0.05, 0) is 31.4 Å². The molecule has 0 spiro atoms. The van der Waals surface area contributed by atoms with Crippen LogP contribution in [0.5, 0.6) is 0 Å². The summed E-state index contributed by atoms with van der Waals surface area (Å²) >= 11 is 6.43. The molecule has 2 atom stereocenters. The number of halogens is 1. The second-order valence-electron chi connectivity index (χ2n) is 5.73. The van der Waals surface area contributed by atoms with E-state index in [4.69, 9.17) is 21.1 Å². The number of rotatable bonds is 6. The Bertz CT molecular complexity index is 512. The van der Waals surface area contributed by atoms with Gasteiger partial charge in [-0.15, -0.1) is 11.6 Å². The number of nitrogens with zero attached hydrogens (tertiary/aromatic N) is 1. The third-order valence-corrected chi connectivity index (χ3v) is 4.52. The molecule has 4 nitrogen and oxygen atoms in total. The third kappa shape index (κ3) is 3.80. The highest BCUT2D eigenvalue weighted by atomic mass is 35.5. The predicted octanol–water partition coefficient (Wildman–Crippen LogP) is 3.36. The van der Waals surface area contributed by atoms with Gasteiger partial charge in [0.05, 0.1) is 13.2 Å². The van der Waals surface area contributed by atoms with Crippen molar-refractivity contribution in [2.45, 2.75) is 44.6 Å². The highest BCUT2D eigenvalue weighted by Crippen LogP contribution is 2.29. The molecule has 0 radical (unpaired) electrons. The Hall–Kier alpha value is -1.10. The van der Waals surface area contributed by atoms with Crippen molar-refractivity contribution >= 4 is 23.2 Å². The molecule has 1 fully saturated rings. The molecule has 1 aliphatic rings. The van der Waals surface area contributed by atoms with E-state index in [1.807, 2.05) is 31.2 Å². The number of hydrogen-bond acceptors (Lipinski definition) is 3. The first-order valence-corrected chi connectivity index (χ1v) is 8.15. The van der Waals surface area contributed by atoms with Crippen LogP contribution in [-0.2, 0) is 20.7 Å². The molecule has 1 heterocycles. The molecule has 5 heteroatoms. The molecular weight excluding hydrogens is 302 g/mol. The number of hydrogen-bond donors (Lipinski definition) is 0. The lowest BCUT2D eigenvalue weighted by Crippen LogP contribution is -2.47. The number of ether oxygens (including phenoxy) is 2. The van der Waals surface area contributed by atoms with Crippen LogP contribution in [0.2, 0.25) is 0 Å². The normalized spacial score (nSPS) is 20.6. The van der Waals surface area contributed by atoms with Crippen LogP contribution in [0.3, 0.4) is 0 Å². The lowest BCUT2D eigenvalue weighted by Gasteiger charge is -2.32. The fraction of sp³-hybridized carbons (Fsp3) is 0.588. The van der Waals surface area contributed by atoms with Gasteiger partial charge in [-0.3, -0.25) is 4.79 Å². The summed E-state index contributed by atoms with van der Waals surface area (Å²) in [7, 11) is 0. The van der Waals surface area contributed by atoms with E-state index >= 15 is 0 Å². The molecule has 1 aliphatic heterocycles. The predicted molar refractivity (Wildman–Crippen MR) is 88.4 cm³/mol. The van der Waals surface area contributed by atoms with Crippen LogP contribution in [-0.4, -0.2) is 36.8 Å². The molecule has 122 valence electrons. The Labute approximate surface area is 137 Å². The van der Waals surface area contributed by atoms with Gasteiger partial charge in [0.1, 0.15) is 17.8 Å². The Morgan fingerprint density at radius 1 is 1.41 bits per heavy atom. The van der Waals surface area contributed by atoms with Gasteiger partial charge in [0.2, 0.25) is 5.91 Å². The third-order valence-electron chi connectivity index (χ3n) is 4.10. The quantitative estimate of drug-likeness (QED) is 0.753. The average Bonchev–Trinajstić information content (AvgIpc) is 3.05. The number of carbonyl (C=O) groups excluding carboxylic acids is 1. The summed E-state index contributed by atoms with van der Waals surface area (Å²) in [6.45, 7) is 7.01. The van der Waals surface area contributed by atoms with Gasteiger partial charge in [-0.25, -0.2) is 0 Å². The summed E-state index contributed by atoms with van der Waals surface area (Å²) in [6, 6.07) is 7.94. The molecule has 2 unspecified atom stereocenters. The highest BCUT2D eigenvalue weighted by molar-refractivity contribution is 6.36. The first kappa shape index (κ1) is 17.3. The maximum Gasteiger partial charge on any atom is 0.247 e. The topological polar surface area (TPSA) is 38.8 Å². The maximum absolute atomic E-state index is 12.9. The zero-order valence-corrected chi connectivity index (χ0v) is 14.2. The summed E-state index contributed by atoms with van der Waals surface area (Å²) < 4.78 is 10.8. The molecule has 0 saturated carbocycles. The number of amides is 1. The lowest BCUT2D eigenvalue weighted by molar-refractivity contribution is -0.121. The fourth-order valence-corrected chi connectivity index (χ4v) is 2.58. The SMILES string of the molecule is CCc1ccccc1N(CC1COCO1)C(=O)C(C)(Cl)CC. The Morgan fingerprint density at radius 3 is 2.73 bits per heavy atom. The number of benzene rings is 1. The summed E-state index contributed by atoms with van der Waals surface area (Å²) in [4.78, 5) is 13.8. The molecule has 1 saturated heterocycles. The Morgan fingerprint density at radius 2 is 2.14 bits per heavy atom. The van der Waals surface area contributed by atoms with Gasteiger partial charge in [0, 0.05) is 5.69 Å². The summed E-state index contributed by atoms with van der Waals surface area (Å²) in [5, 5.41) is 0. The van der Waals surface area contributed by atoms with E-state index < -0.39 is 4.87 Å². The smallest absolute Gasteiger partial charge is 0.247 e. The van der Waals surface area contributed by atoms with Gasteiger partial charge < -0.3 is 14.4 Å². The summed E-state index contributed by atoms with van der Waals surface area (Å²) in [6.07, 6.45) is 1.31. The van der Waals surface area contributed by atoms with E-state index in [0.29, 0.717) is 19.6 Å². The molecule has 22 heavy (non-hydrogen) atoms. The van der Waals surface area contributed by atoms with Gasteiger partial charge in [0.15, 0.2) is 0 Å². The van der Waals surface area contributed by atoms with E-state index in [1.165, 1.54) is 0 Å². The van der Waals surface area contributed by atoms with Crippen molar-refractivity contribution in [1.82, 2.24) is 0 Å². The summed E-state index contributed by atoms with van der Waals surface area (Å²) in [5.41, 5.74) is 2.03. The van der Waals surface area contributed by atoms with Crippen LogP contribution < -0.4 is 4.90 Å². The minimum atomic E-state index is -0.916. The van der Waals surface area contributed by atoms with Crippen LogP contribution in [0.25, 0.3) is 0 Å². The van der Waals surface area contributed by atoms with E-state index in [0.717, 1.165) is 17.7 Å². The first-order valence-electron chi connectivity index (χ1n) is 7.77. The van der Waals surface area contributed by atoms with Crippen molar-refractivity contribution in [1.29, 1.82) is 0 Å². The van der Waals surface area contributed by atoms with Crippen LogP contribution >= 0.6 is 11.6 Å². The van der Waals surface area contributed by atoms with Crippen molar-refractivity contribution in [2.75, 3.05) is 24.8 Å². The van der Waals surface area contributed by atoms with E-state index in [-0.39, 0.29) is 18.8 Å². The van der Waals surface area contributed by atoms with Crippen LogP contribution in [0.4, 0.5) is 5.69 Å². The van der Waals surface area contributed by atoms with Crippen LogP contribution in [0.15, 0.2) is 24.3 Å². The van der Waals surface area contributed by atoms with Crippen molar-refractivity contribution < 1.29 is 14.3 Å². The molecule has 0 aromatic heterocycles.